The van der Waals surface area contributed by atoms with E-state index in [0.29, 0.717) is 22.7 Å². The molecule has 1 atom stereocenters. The van der Waals surface area contributed by atoms with Crippen molar-refractivity contribution in [2.24, 2.45) is 0 Å². The lowest BCUT2D eigenvalue weighted by molar-refractivity contribution is -0.137. The molecule has 3 aromatic rings. The second-order valence-corrected chi connectivity index (χ2v) is 9.18. The second-order valence-electron chi connectivity index (χ2n) is 7.99. The minimum atomic E-state index is -4.52. The van der Waals surface area contributed by atoms with Gasteiger partial charge in [-0.15, -0.1) is 0 Å². The van der Waals surface area contributed by atoms with Crippen LogP contribution >= 0.6 is 11.8 Å². The monoisotopic (exact) mass is 523 g/mol. The number of amides is 2. The van der Waals surface area contributed by atoms with Gasteiger partial charge >= 0.3 is 6.18 Å². The van der Waals surface area contributed by atoms with Gasteiger partial charge < -0.3 is 10.1 Å². The molecule has 1 saturated heterocycles. The van der Waals surface area contributed by atoms with Gasteiger partial charge in [0, 0.05) is 11.4 Å². The molecule has 1 aliphatic heterocycles. The molecule has 0 saturated carbocycles. The summed E-state index contributed by atoms with van der Waals surface area (Å²) in [4.78, 5) is 27.8. The highest BCUT2D eigenvalue weighted by atomic mass is 32.2. The van der Waals surface area contributed by atoms with Crippen molar-refractivity contribution in [1.82, 2.24) is 0 Å². The molecule has 1 heterocycles. The first-order valence-electron chi connectivity index (χ1n) is 11.0. The number of para-hydroxylation sites is 1. The molecule has 0 bridgehead atoms. The molecular weight excluding hydrogens is 503 g/mol. The number of methoxy groups -OCH3 is 1. The fraction of sp³-hybridized carbons (Fsp3) is 0.148. The third kappa shape index (κ3) is 5.78. The molecule has 37 heavy (non-hydrogen) atoms. The van der Waals surface area contributed by atoms with Gasteiger partial charge in [-0.25, -0.2) is 0 Å². The zero-order valence-corrected chi connectivity index (χ0v) is 20.3. The fourth-order valence-electron chi connectivity index (χ4n) is 3.76. The normalized spacial score (nSPS) is 16.8. The lowest BCUT2D eigenvalue weighted by Crippen LogP contribution is -2.31. The predicted molar refractivity (Wildman–Crippen MR) is 135 cm³/mol. The summed E-state index contributed by atoms with van der Waals surface area (Å²) in [6.07, 6.45) is -4.55. The highest BCUT2D eigenvalue weighted by Gasteiger charge is 2.41. The maximum absolute atomic E-state index is 13.5. The standard InChI is InChI=1S/C27H20F3N3O3S/c1-36-21-12-10-20(11-13-21)33-25(35)23(15-17-6-5-7-18(14-17)27(28,29)30)37-26(33)22(16-31)24(34)32-19-8-3-2-4-9-19/h2-14,23H,15H2,1H3,(H,32,34)/b26-22-. The van der Waals surface area contributed by atoms with E-state index in [1.165, 1.54) is 24.1 Å². The molecule has 2 amide bonds. The number of carbonyl (C=O) groups is 2. The Morgan fingerprint density at radius 1 is 1.08 bits per heavy atom. The molecule has 0 radical (unpaired) electrons. The van der Waals surface area contributed by atoms with E-state index < -0.39 is 28.8 Å². The minimum Gasteiger partial charge on any atom is -0.497 e. The summed E-state index contributed by atoms with van der Waals surface area (Å²) < 4.78 is 44.8. The van der Waals surface area contributed by atoms with Gasteiger partial charge in [-0.05, 0) is 54.4 Å². The van der Waals surface area contributed by atoms with E-state index in [0.717, 1.165) is 23.9 Å². The van der Waals surface area contributed by atoms with E-state index in [1.54, 1.807) is 54.6 Å². The van der Waals surface area contributed by atoms with Crippen LogP contribution < -0.4 is 15.0 Å². The lowest BCUT2D eigenvalue weighted by Gasteiger charge is -2.19. The topological polar surface area (TPSA) is 82.4 Å². The van der Waals surface area contributed by atoms with E-state index in [2.05, 4.69) is 5.32 Å². The number of benzene rings is 3. The number of hydrogen-bond acceptors (Lipinski definition) is 5. The number of nitrogens with zero attached hydrogens (tertiary/aromatic N) is 2. The Morgan fingerprint density at radius 3 is 2.41 bits per heavy atom. The number of rotatable bonds is 6. The van der Waals surface area contributed by atoms with Crippen LogP contribution in [0.1, 0.15) is 11.1 Å². The lowest BCUT2D eigenvalue weighted by atomic mass is 10.1. The molecule has 6 nitrogen and oxygen atoms in total. The smallest absolute Gasteiger partial charge is 0.416 e. The number of nitrogens with one attached hydrogen (secondary N) is 1. The molecule has 1 unspecified atom stereocenters. The number of thioether (sulfide) groups is 1. The van der Waals surface area contributed by atoms with Crippen LogP contribution in [0.3, 0.4) is 0 Å². The van der Waals surface area contributed by atoms with Gasteiger partial charge in [0.1, 0.15) is 22.4 Å². The predicted octanol–water partition coefficient (Wildman–Crippen LogP) is 5.78. The molecular formula is C27H20F3N3O3S. The van der Waals surface area contributed by atoms with Crippen molar-refractivity contribution < 1.29 is 27.5 Å². The average Bonchev–Trinajstić information content (AvgIpc) is 3.20. The van der Waals surface area contributed by atoms with Gasteiger partial charge in [0.2, 0.25) is 5.91 Å². The quantitative estimate of drug-likeness (QED) is 0.327. The number of nitriles is 1. The first-order chi connectivity index (χ1) is 17.7. The van der Waals surface area contributed by atoms with E-state index in [-0.39, 0.29) is 17.0 Å². The van der Waals surface area contributed by atoms with Gasteiger partial charge in [-0.1, -0.05) is 48.2 Å². The first kappa shape index (κ1) is 25.9. The van der Waals surface area contributed by atoms with Gasteiger partial charge in [0.15, 0.2) is 0 Å². The second kappa shape index (κ2) is 10.8. The van der Waals surface area contributed by atoms with Crippen molar-refractivity contribution in [2.75, 3.05) is 17.3 Å². The summed E-state index contributed by atoms with van der Waals surface area (Å²) in [6, 6.07) is 21.6. The highest BCUT2D eigenvalue weighted by molar-refractivity contribution is 8.05. The number of hydrogen-bond donors (Lipinski definition) is 1. The van der Waals surface area contributed by atoms with Crippen LogP contribution in [-0.2, 0) is 22.2 Å². The number of anilines is 2. The van der Waals surface area contributed by atoms with E-state index in [9.17, 15) is 28.0 Å². The van der Waals surface area contributed by atoms with Gasteiger partial charge in [-0.3, -0.25) is 14.5 Å². The number of alkyl halides is 3. The molecule has 4 rings (SSSR count). The van der Waals surface area contributed by atoms with Crippen LogP contribution in [0.25, 0.3) is 0 Å². The number of carbonyl (C=O) groups excluding carboxylic acids is 2. The number of halogens is 3. The molecule has 1 N–H and O–H groups in total. The van der Waals surface area contributed by atoms with E-state index in [1.807, 2.05) is 6.07 Å². The zero-order valence-electron chi connectivity index (χ0n) is 19.5. The van der Waals surface area contributed by atoms with Gasteiger partial charge in [0.25, 0.3) is 5.91 Å². The van der Waals surface area contributed by atoms with E-state index >= 15 is 0 Å². The Hall–Kier alpha value is -4.23. The Bertz CT molecular complexity index is 1380. The average molecular weight is 524 g/mol. The zero-order chi connectivity index (χ0) is 26.6. The van der Waals surface area contributed by atoms with Gasteiger partial charge in [0.05, 0.1) is 17.9 Å². The molecule has 1 aliphatic rings. The molecule has 10 heteroatoms. The van der Waals surface area contributed by atoms with Crippen molar-refractivity contribution in [3.8, 4) is 11.8 Å². The summed E-state index contributed by atoms with van der Waals surface area (Å²) in [5, 5.41) is 11.8. The van der Waals surface area contributed by atoms with Crippen LogP contribution in [0.2, 0.25) is 0 Å². The molecule has 1 fully saturated rings. The summed E-state index contributed by atoms with van der Waals surface area (Å²) in [6.45, 7) is 0. The Balaban J connectivity index is 1.72. The van der Waals surface area contributed by atoms with E-state index in [4.69, 9.17) is 4.74 Å². The van der Waals surface area contributed by atoms with Crippen molar-refractivity contribution in [3.63, 3.8) is 0 Å². The largest absolute Gasteiger partial charge is 0.497 e. The third-order valence-corrected chi connectivity index (χ3v) is 6.81. The molecule has 188 valence electrons. The molecule has 0 aliphatic carbocycles. The van der Waals surface area contributed by atoms with Crippen LogP contribution in [0.15, 0.2) is 89.5 Å². The maximum Gasteiger partial charge on any atom is 0.416 e. The van der Waals surface area contributed by atoms with Crippen molar-refractivity contribution in [2.45, 2.75) is 17.8 Å². The van der Waals surface area contributed by atoms with Crippen LogP contribution in [0.4, 0.5) is 24.5 Å². The summed E-state index contributed by atoms with van der Waals surface area (Å²) in [7, 11) is 1.49. The number of ether oxygens (including phenoxy) is 1. The summed E-state index contributed by atoms with van der Waals surface area (Å²) in [5.41, 5.74) is 0.0587. The van der Waals surface area contributed by atoms with Crippen molar-refractivity contribution in [3.05, 3.63) is 101 Å². The fourth-order valence-corrected chi connectivity index (χ4v) is 5.07. The minimum absolute atomic E-state index is 0.0252. The summed E-state index contributed by atoms with van der Waals surface area (Å²) >= 11 is 0.972. The Labute approximate surface area is 215 Å². The van der Waals surface area contributed by atoms with Crippen LogP contribution in [0, 0.1) is 11.3 Å². The SMILES string of the molecule is COc1ccc(N2C(=O)C(Cc3cccc(C(F)(F)F)c3)S/C2=C(/C#N)C(=O)Nc2ccccc2)cc1. The maximum atomic E-state index is 13.5. The Morgan fingerprint density at radius 2 is 1.78 bits per heavy atom. The van der Waals surface area contributed by atoms with Crippen molar-refractivity contribution >= 4 is 35.0 Å². The third-order valence-electron chi connectivity index (χ3n) is 5.54. The first-order valence-corrected chi connectivity index (χ1v) is 11.9. The highest BCUT2D eigenvalue weighted by Crippen LogP contribution is 2.42. The molecule has 3 aromatic carbocycles. The van der Waals surface area contributed by atoms with Crippen LogP contribution in [0.5, 0.6) is 5.75 Å². The van der Waals surface area contributed by atoms with Crippen LogP contribution in [-0.4, -0.2) is 24.2 Å². The Kier molecular flexibility index (Phi) is 7.55. The molecule has 0 aromatic heterocycles. The molecule has 0 spiro atoms. The van der Waals surface area contributed by atoms with Crippen molar-refractivity contribution in [1.29, 1.82) is 5.26 Å². The summed E-state index contributed by atoms with van der Waals surface area (Å²) in [5.74, 6) is -0.624. The van der Waals surface area contributed by atoms with Gasteiger partial charge in [-0.2, -0.15) is 18.4 Å².